The maximum atomic E-state index is 8.83. The number of hydrogen-bond donors (Lipinski definition) is 3. The maximum Gasteiger partial charge on any atom is 0.189 e. The van der Waals surface area contributed by atoms with Crippen LogP contribution in [0.1, 0.15) is 34.8 Å². The van der Waals surface area contributed by atoms with Gasteiger partial charge in [-0.05, 0) is 35.6 Å². The lowest BCUT2D eigenvalue weighted by Gasteiger charge is -2.15. The third-order valence-corrected chi connectivity index (χ3v) is 3.91. The van der Waals surface area contributed by atoms with E-state index in [1.54, 1.807) is 6.20 Å². The zero-order valence-corrected chi connectivity index (χ0v) is 11.7. The van der Waals surface area contributed by atoms with Gasteiger partial charge < -0.3 is 16.3 Å². The minimum atomic E-state index is 0.0409. The molecule has 3 rings (SSSR count). The van der Waals surface area contributed by atoms with Crippen molar-refractivity contribution < 1.29 is 5.21 Å². The molecule has 1 aromatic carbocycles. The molecule has 1 aliphatic carbocycles. The van der Waals surface area contributed by atoms with Gasteiger partial charge in [0.05, 0.1) is 0 Å². The molecule has 0 amide bonds. The minimum absolute atomic E-state index is 0.0409. The van der Waals surface area contributed by atoms with Crippen LogP contribution < -0.4 is 11.1 Å². The van der Waals surface area contributed by atoms with Crippen molar-refractivity contribution in [1.29, 1.82) is 0 Å². The number of benzene rings is 1. The normalized spacial score (nSPS) is 17.7. The molecule has 1 unspecified atom stereocenters. The van der Waals surface area contributed by atoms with Crippen LogP contribution in [0, 0.1) is 0 Å². The number of aryl methyl sites for hydroxylation is 1. The molecule has 1 aliphatic rings. The highest BCUT2D eigenvalue weighted by Gasteiger charge is 2.21. The number of amidine groups is 1. The first-order chi connectivity index (χ1) is 10.3. The molecule has 21 heavy (non-hydrogen) atoms. The lowest BCUT2D eigenvalue weighted by atomic mass is 10.1. The number of pyridine rings is 1. The van der Waals surface area contributed by atoms with E-state index in [-0.39, 0.29) is 5.84 Å². The van der Waals surface area contributed by atoms with Crippen LogP contribution in [0.25, 0.3) is 0 Å². The summed E-state index contributed by atoms with van der Waals surface area (Å²) in [5.41, 5.74) is 9.90. The summed E-state index contributed by atoms with van der Waals surface area (Å²) in [5, 5.41) is 15.4. The number of rotatable bonds is 4. The van der Waals surface area contributed by atoms with Gasteiger partial charge in [0.1, 0.15) is 5.69 Å². The maximum absolute atomic E-state index is 8.83. The highest BCUT2D eigenvalue weighted by Crippen LogP contribution is 2.30. The van der Waals surface area contributed by atoms with Crippen LogP contribution >= 0.6 is 0 Å². The number of oxime groups is 1. The molecule has 1 atom stereocenters. The first kappa shape index (κ1) is 13.6. The molecule has 5 heteroatoms. The second-order valence-corrected chi connectivity index (χ2v) is 5.17. The van der Waals surface area contributed by atoms with E-state index in [4.69, 9.17) is 10.9 Å². The van der Waals surface area contributed by atoms with Crippen molar-refractivity contribution >= 4 is 5.84 Å². The number of fused-ring (bicyclic) bond motifs is 1. The van der Waals surface area contributed by atoms with Gasteiger partial charge in [-0.3, -0.25) is 4.98 Å². The lowest BCUT2D eigenvalue weighted by Crippen LogP contribution is -2.23. The highest BCUT2D eigenvalue weighted by molar-refractivity contribution is 5.96. The van der Waals surface area contributed by atoms with Gasteiger partial charge >= 0.3 is 0 Å². The fourth-order valence-electron chi connectivity index (χ4n) is 2.86. The van der Waals surface area contributed by atoms with Crippen LogP contribution in [0.15, 0.2) is 47.8 Å². The van der Waals surface area contributed by atoms with Crippen molar-refractivity contribution in [2.45, 2.75) is 25.4 Å². The van der Waals surface area contributed by atoms with Gasteiger partial charge in [-0.25, -0.2) is 0 Å². The van der Waals surface area contributed by atoms with Crippen LogP contribution in [0.5, 0.6) is 0 Å². The molecule has 0 fully saturated rings. The van der Waals surface area contributed by atoms with E-state index in [9.17, 15) is 0 Å². The molecule has 0 saturated heterocycles. The average Bonchev–Trinajstić information content (AvgIpc) is 2.96. The summed E-state index contributed by atoms with van der Waals surface area (Å²) in [6.45, 7) is 0.637. The summed E-state index contributed by atoms with van der Waals surface area (Å²) in [4.78, 5) is 4.18. The average molecular weight is 282 g/mol. The monoisotopic (exact) mass is 282 g/mol. The summed E-state index contributed by atoms with van der Waals surface area (Å²) < 4.78 is 0. The Balaban J connectivity index is 1.75. The van der Waals surface area contributed by atoms with E-state index >= 15 is 0 Å². The number of aromatic nitrogens is 1. The number of hydrogen-bond acceptors (Lipinski definition) is 4. The van der Waals surface area contributed by atoms with Crippen molar-refractivity contribution in [2.24, 2.45) is 10.9 Å². The Morgan fingerprint density at radius 1 is 1.33 bits per heavy atom. The highest BCUT2D eigenvalue weighted by atomic mass is 16.4. The molecule has 0 aliphatic heterocycles. The van der Waals surface area contributed by atoms with Gasteiger partial charge in [-0.2, -0.15) is 0 Å². The van der Waals surface area contributed by atoms with E-state index in [1.807, 2.05) is 12.1 Å². The summed E-state index contributed by atoms with van der Waals surface area (Å²) in [5.74, 6) is 0.0409. The Hall–Kier alpha value is -2.40. The molecule has 2 aromatic rings. The Morgan fingerprint density at radius 3 is 3.05 bits per heavy atom. The molecule has 108 valence electrons. The smallest absolute Gasteiger partial charge is 0.189 e. The SMILES string of the molecule is NC(=NO)c1ncccc1CNC1CCc2ccccc21. The van der Waals surface area contributed by atoms with Crippen molar-refractivity contribution in [2.75, 3.05) is 0 Å². The second-order valence-electron chi connectivity index (χ2n) is 5.17. The standard InChI is InChI=1S/C16H18N4O/c17-16(20-21)15-12(5-3-9-18-15)10-19-14-8-7-11-4-1-2-6-13(11)14/h1-6,9,14,19,21H,7-8,10H2,(H2,17,20). The zero-order valence-electron chi connectivity index (χ0n) is 11.7. The Labute approximate surface area is 123 Å². The molecular formula is C16H18N4O. The van der Waals surface area contributed by atoms with Crippen molar-refractivity contribution in [3.05, 3.63) is 65.0 Å². The van der Waals surface area contributed by atoms with Gasteiger partial charge in [-0.15, -0.1) is 0 Å². The van der Waals surface area contributed by atoms with E-state index in [0.717, 1.165) is 18.4 Å². The molecule has 1 heterocycles. The summed E-state index contributed by atoms with van der Waals surface area (Å²) in [7, 11) is 0. The molecule has 5 nitrogen and oxygen atoms in total. The number of nitrogens with zero attached hydrogens (tertiary/aromatic N) is 2. The lowest BCUT2D eigenvalue weighted by molar-refractivity contribution is 0.318. The van der Waals surface area contributed by atoms with Gasteiger partial charge in [0.2, 0.25) is 0 Å². The third kappa shape index (κ3) is 2.73. The van der Waals surface area contributed by atoms with E-state index in [0.29, 0.717) is 18.3 Å². The van der Waals surface area contributed by atoms with Crippen LogP contribution in [0.3, 0.4) is 0 Å². The Bertz CT molecular complexity index is 669. The van der Waals surface area contributed by atoms with Gasteiger partial charge in [-0.1, -0.05) is 35.5 Å². The van der Waals surface area contributed by atoms with Crippen LogP contribution in [0.4, 0.5) is 0 Å². The molecular weight excluding hydrogens is 264 g/mol. The summed E-state index contributed by atoms with van der Waals surface area (Å²) >= 11 is 0. The predicted molar refractivity (Wildman–Crippen MR) is 81.1 cm³/mol. The third-order valence-electron chi connectivity index (χ3n) is 3.91. The molecule has 4 N–H and O–H groups in total. The van der Waals surface area contributed by atoms with Crippen molar-refractivity contribution in [1.82, 2.24) is 10.3 Å². The topological polar surface area (TPSA) is 83.5 Å². The van der Waals surface area contributed by atoms with Crippen LogP contribution in [-0.4, -0.2) is 16.0 Å². The molecule has 0 saturated carbocycles. The first-order valence-corrected chi connectivity index (χ1v) is 7.02. The Kier molecular flexibility index (Phi) is 3.83. The quantitative estimate of drug-likeness (QED) is 0.346. The van der Waals surface area contributed by atoms with Crippen LogP contribution in [-0.2, 0) is 13.0 Å². The second kappa shape index (κ2) is 5.93. The van der Waals surface area contributed by atoms with Crippen molar-refractivity contribution in [3.63, 3.8) is 0 Å². The van der Waals surface area contributed by atoms with Gasteiger partial charge in [0, 0.05) is 18.8 Å². The van der Waals surface area contributed by atoms with Crippen LogP contribution in [0.2, 0.25) is 0 Å². The molecule has 0 bridgehead atoms. The zero-order chi connectivity index (χ0) is 14.7. The fraction of sp³-hybridized carbons (Fsp3) is 0.250. The molecule has 0 radical (unpaired) electrons. The fourth-order valence-corrected chi connectivity index (χ4v) is 2.86. The Morgan fingerprint density at radius 2 is 2.19 bits per heavy atom. The number of nitrogens with two attached hydrogens (primary N) is 1. The predicted octanol–water partition coefficient (Wildman–Crippen LogP) is 1.95. The summed E-state index contributed by atoms with van der Waals surface area (Å²) in [6.07, 6.45) is 3.84. The molecule has 0 spiro atoms. The minimum Gasteiger partial charge on any atom is -0.409 e. The number of nitrogens with one attached hydrogen (secondary N) is 1. The van der Waals surface area contributed by atoms with Gasteiger partial charge in [0.15, 0.2) is 5.84 Å². The summed E-state index contributed by atoms with van der Waals surface area (Å²) in [6, 6.07) is 12.7. The first-order valence-electron chi connectivity index (χ1n) is 7.02. The molecule has 1 aromatic heterocycles. The van der Waals surface area contributed by atoms with Crippen molar-refractivity contribution in [3.8, 4) is 0 Å². The largest absolute Gasteiger partial charge is 0.409 e. The van der Waals surface area contributed by atoms with E-state index in [2.05, 4.69) is 39.7 Å². The van der Waals surface area contributed by atoms with E-state index in [1.165, 1.54) is 11.1 Å². The van der Waals surface area contributed by atoms with E-state index < -0.39 is 0 Å². The van der Waals surface area contributed by atoms with Gasteiger partial charge in [0.25, 0.3) is 0 Å².